The van der Waals surface area contributed by atoms with Crippen LogP contribution in [0.3, 0.4) is 0 Å². The Kier molecular flexibility index (Phi) is 16.4. The maximum Gasteiger partial charge on any atom is 0.374 e. The molecule has 224 valence electrons. The van der Waals surface area contributed by atoms with Crippen molar-refractivity contribution in [2.24, 2.45) is 0 Å². The maximum absolute atomic E-state index is 13.0. The maximum atomic E-state index is 13.0. The number of unbranched alkanes of at least 4 members (excludes halogenated alkanes) is 7. The molecule has 0 radical (unpaired) electrons. The van der Waals surface area contributed by atoms with Crippen molar-refractivity contribution in [1.29, 1.82) is 0 Å². The number of ether oxygens (including phenoxy) is 4. The van der Waals surface area contributed by atoms with E-state index in [1.54, 1.807) is 48.5 Å². The third-order valence-corrected chi connectivity index (χ3v) is 6.16. The summed E-state index contributed by atoms with van der Waals surface area (Å²) in [6.45, 7) is 7.38. The number of hydrogen-bond donors (Lipinski definition) is 1. The van der Waals surface area contributed by atoms with Gasteiger partial charge in [-0.1, -0.05) is 77.8 Å². The van der Waals surface area contributed by atoms with E-state index in [0.29, 0.717) is 30.0 Å². The number of carbonyl (C=O) groups excluding carboxylic acids is 3. The summed E-state index contributed by atoms with van der Waals surface area (Å²) in [6.07, 6.45) is 10.6. The molecule has 0 aromatic heterocycles. The molecule has 2 rings (SSSR count). The van der Waals surface area contributed by atoms with E-state index in [0.717, 1.165) is 63.9 Å². The van der Waals surface area contributed by atoms with Crippen LogP contribution in [0.2, 0.25) is 0 Å². The normalized spacial score (nSPS) is 11.0. The highest BCUT2D eigenvalue weighted by molar-refractivity contribution is 6.05. The quantitative estimate of drug-likeness (QED) is 0.0760. The number of para-hydroxylation sites is 2. The lowest BCUT2D eigenvalue weighted by Gasteiger charge is -2.14. The molecule has 2 aromatic carbocycles. The van der Waals surface area contributed by atoms with Crippen LogP contribution < -0.4 is 14.8 Å². The molecule has 0 aliphatic heterocycles. The Balaban J connectivity index is 2.12. The van der Waals surface area contributed by atoms with Gasteiger partial charge in [0, 0.05) is 5.56 Å². The van der Waals surface area contributed by atoms with E-state index in [1.165, 1.54) is 0 Å². The summed E-state index contributed by atoms with van der Waals surface area (Å²) in [7, 11) is 0. The summed E-state index contributed by atoms with van der Waals surface area (Å²) in [5.74, 6) is -1.26. The highest BCUT2D eigenvalue weighted by Gasteiger charge is 2.19. The van der Waals surface area contributed by atoms with Gasteiger partial charge >= 0.3 is 11.9 Å². The average molecular weight is 568 g/mol. The second-order valence-corrected chi connectivity index (χ2v) is 9.71. The van der Waals surface area contributed by atoms with Gasteiger partial charge in [0.2, 0.25) is 5.76 Å². The number of amides is 1. The zero-order valence-corrected chi connectivity index (χ0v) is 24.7. The highest BCUT2D eigenvalue weighted by atomic mass is 16.6. The standard InChI is InChI=1S/C33H45NO7/c1-4-7-10-14-23-39-31(35)25-30(33(37)40-24-15-11-8-5-2)41-29-17-13-12-16-28(29)34-32(36)26-18-20-27(21-19-26)38-22-9-6-3/h12-13,16-21,25H,4-11,14-15,22-24H2,1-3H3,(H,34,36)/b30-25-. The van der Waals surface area contributed by atoms with E-state index < -0.39 is 11.9 Å². The summed E-state index contributed by atoms with van der Waals surface area (Å²) < 4.78 is 22.2. The Morgan fingerprint density at radius 1 is 0.707 bits per heavy atom. The molecule has 8 heteroatoms. The lowest BCUT2D eigenvalue weighted by Crippen LogP contribution is -2.18. The van der Waals surface area contributed by atoms with E-state index >= 15 is 0 Å². The Labute approximate surface area is 244 Å². The van der Waals surface area contributed by atoms with Crippen molar-refractivity contribution in [1.82, 2.24) is 0 Å². The largest absolute Gasteiger partial charge is 0.494 e. The molecule has 0 atom stereocenters. The van der Waals surface area contributed by atoms with Crippen LogP contribution in [0.5, 0.6) is 11.5 Å². The number of nitrogens with one attached hydrogen (secondary N) is 1. The minimum Gasteiger partial charge on any atom is -0.494 e. The predicted octanol–water partition coefficient (Wildman–Crippen LogP) is 7.63. The molecule has 0 aliphatic rings. The highest BCUT2D eigenvalue weighted by Crippen LogP contribution is 2.27. The van der Waals surface area contributed by atoms with E-state index in [-0.39, 0.29) is 30.6 Å². The lowest BCUT2D eigenvalue weighted by molar-refractivity contribution is -0.143. The third-order valence-electron chi connectivity index (χ3n) is 6.16. The summed E-state index contributed by atoms with van der Waals surface area (Å²) in [4.78, 5) is 38.3. The van der Waals surface area contributed by atoms with Gasteiger partial charge in [0.25, 0.3) is 5.91 Å². The van der Waals surface area contributed by atoms with Crippen LogP contribution in [-0.2, 0) is 19.1 Å². The summed E-state index contributed by atoms with van der Waals surface area (Å²) >= 11 is 0. The fourth-order valence-electron chi connectivity index (χ4n) is 3.75. The van der Waals surface area contributed by atoms with Gasteiger partial charge in [0.15, 0.2) is 5.75 Å². The molecular formula is C33H45NO7. The summed E-state index contributed by atoms with van der Waals surface area (Å²) in [6, 6.07) is 13.5. The number of anilines is 1. The van der Waals surface area contributed by atoms with Crippen LogP contribution in [0.15, 0.2) is 60.4 Å². The monoisotopic (exact) mass is 567 g/mol. The Morgan fingerprint density at radius 3 is 2.00 bits per heavy atom. The first kappa shape index (κ1) is 33.4. The second-order valence-electron chi connectivity index (χ2n) is 9.71. The van der Waals surface area contributed by atoms with Crippen LogP contribution >= 0.6 is 0 Å². The van der Waals surface area contributed by atoms with Gasteiger partial charge in [-0.15, -0.1) is 0 Å². The third kappa shape index (κ3) is 13.4. The van der Waals surface area contributed by atoms with Gasteiger partial charge in [-0.25, -0.2) is 9.59 Å². The molecule has 0 saturated carbocycles. The molecular weight excluding hydrogens is 522 g/mol. The smallest absolute Gasteiger partial charge is 0.374 e. The second kappa shape index (κ2) is 20.1. The van der Waals surface area contributed by atoms with E-state index in [4.69, 9.17) is 18.9 Å². The van der Waals surface area contributed by atoms with Gasteiger partial charge in [0.05, 0.1) is 31.6 Å². The van der Waals surface area contributed by atoms with Crippen molar-refractivity contribution >= 4 is 23.5 Å². The molecule has 8 nitrogen and oxygen atoms in total. The van der Waals surface area contributed by atoms with Crippen molar-refractivity contribution in [3.63, 3.8) is 0 Å². The van der Waals surface area contributed by atoms with Gasteiger partial charge in [-0.3, -0.25) is 4.79 Å². The first-order chi connectivity index (χ1) is 20.0. The lowest BCUT2D eigenvalue weighted by atomic mass is 10.2. The Hall–Kier alpha value is -3.81. The van der Waals surface area contributed by atoms with Crippen molar-refractivity contribution in [2.45, 2.75) is 85.0 Å². The van der Waals surface area contributed by atoms with Gasteiger partial charge in [0.1, 0.15) is 5.75 Å². The molecule has 0 spiro atoms. The van der Waals surface area contributed by atoms with E-state index in [1.807, 2.05) is 0 Å². The minimum absolute atomic E-state index is 0.185. The Bertz CT molecular complexity index is 1100. The molecule has 2 aromatic rings. The van der Waals surface area contributed by atoms with E-state index in [2.05, 4.69) is 26.1 Å². The molecule has 41 heavy (non-hydrogen) atoms. The molecule has 1 amide bonds. The molecule has 1 N–H and O–H groups in total. The fraction of sp³-hybridized carbons (Fsp3) is 0.485. The number of carbonyl (C=O) groups is 3. The van der Waals surface area contributed by atoms with Crippen molar-refractivity contribution in [3.05, 3.63) is 65.9 Å². The Morgan fingerprint density at radius 2 is 1.34 bits per heavy atom. The SMILES string of the molecule is CCCCCCOC(=O)/C=C(\Oc1ccccc1NC(=O)c1ccc(OCCCC)cc1)C(=O)OCCCCCC. The number of esters is 2. The minimum atomic E-state index is -0.774. The first-order valence-electron chi connectivity index (χ1n) is 14.8. The summed E-state index contributed by atoms with van der Waals surface area (Å²) in [5.41, 5.74) is 0.756. The van der Waals surface area contributed by atoms with Gasteiger partial charge in [-0.05, 0) is 55.7 Å². The van der Waals surface area contributed by atoms with Crippen LogP contribution in [0, 0.1) is 0 Å². The van der Waals surface area contributed by atoms with Gasteiger partial charge < -0.3 is 24.3 Å². The van der Waals surface area contributed by atoms with Crippen LogP contribution in [0.4, 0.5) is 5.69 Å². The predicted molar refractivity (Wildman–Crippen MR) is 160 cm³/mol. The van der Waals surface area contributed by atoms with Crippen LogP contribution in [0.1, 0.15) is 95.3 Å². The van der Waals surface area contributed by atoms with E-state index in [9.17, 15) is 14.4 Å². The molecule has 0 unspecified atom stereocenters. The zero-order valence-electron chi connectivity index (χ0n) is 24.7. The van der Waals surface area contributed by atoms with Crippen molar-refractivity contribution in [3.8, 4) is 11.5 Å². The van der Waals surface area contributed by atoms with Crippen molar-refractivity contribution in [2.75, 3.05) is 25.1 Å². The fourth-order valence-corrected chi connectivity index (χ4v) is 3.75. The summed E-state index contributed by atoms with van der Waals surface area (Å²) in [5, 5.41) is 2.82. The number of hydrogen-bond acceptors (Lipinski definition) is 7. The van der Waals surface area contributed by atoms with Crippen LogP contribution in [0.25, 0.3) is 0 Å². The van der Waals surface area contributed by atoms with Crippen molar-refractivity contribution < 1.29 is 33.3 Å². The topological polar surface area (TPSA) is 100 Å². The molecule has 0 saturated heterocycles. The van der Waals surface area contributed by atoms with Crippen LogP contribution in [-0.4, -0.2) is 37.7 Å². The average Bonchev–Trinajstić information content (AvgIpc) is 2.98. The molecule has 0 bridgehead atoms. The van der Waals surface area contributed by atoms with Gasteiger partial charge in [-0.2, -0.15) is 0 Å². The first-order valence-corrected chi connectivity index (χ1v) is 14.8. The number of rotatable bonds is 20. The molecule has 0 aliphatic carbocycles. The molecule has 0 fully saturated rings. The molecule has 0 heterocycles. The number of benzene rings is 2. The zero-order chi connectivity index (χ0) is 29.7.